The Bertz CT molecular complexity index is 1160. The first kappa shape index (κ1) is 22.8. The van der Waals surface area contributed by atoms with E-state index in [4.69, 9.17) is 16.0 Å². The van der Waals surface area contributed by atoms with Crippen molar-refractivity contribution < 1.29 is 14.1 Å². The molecule has 0 unspecified atom stereocenters. The SMILES string of the molecule is CC(C)(C)Cc1cc(CC(=O)Cc2ccc(-c3nn(C4CCC4)c(N)c3C(N)=O)cc2)on1. The van der Waals surface area contributed by atoms with Crippen LogP contribution in [0.25, 0.3) is 11.3 Å². The second-order valence-electron chi connectivity index (χ2n) is 10.1. The largest absolute Gasteiger partial charge is 0.383 e. The zero-order valence-corrected chi connectivity index (χ0v) is 19.4. The fourth-order valence-corrected chi connectivity index (χ4v) is 4.13. The lowest BCUT2D eigenvalue weighted by Crippen LogP contribution is -2.21. The predicted octanol–water partition coefficient (Wildman–Crippen LogP) is 3.89. The van der Waals surface area contributed by atoms with Gasteiger partial charge < -0.3 is 16.0 Å². The van der Waals surface area contributed by atoms with Crippen LogP contribution in [0.3, 0.4) is 0 Å². The first-order chi connectivity index (χ1) is 15.6. The number of benzene rings is 1. The van der Waals surface area contributed by atoms with Gasteiger partial charge in [-0.3, -0.25) is 9.59 Å². The number of nitrogens with two attached hydrogens (primary N) is 2. The molecule has 0 spiro atoms. The Morgan fingerprint density at radius 3 is 2.42 bits per heavy atom. The number of nitrogen functional groups attached to an aromatic ring is 1. The van der Waals surface area contributed by atoms with Gasteiger partial charge in [0.1, 0.15) is 28.6 Å². The number of amides is 1. The van der Waals surface area contributed by atoms with Gasteiger partial charge in [0, 0.05) is 18.1 Å². The van der Waals surface area contributed by atoms with Gasteiger partial charge in [-0.1, -0.05) is 50.2 Å². The smallest absolute Gasteiger partial charge is 0.254 e. The second kappa shape index (κ2) is 8.84. The van der Waals surface area contributed by atoms with E-state index in [1.165, 1.54) is 0 Å². The Balaban J connectivity index is 1.45. The van der Waals surface area contributed by atoms with Crippen molar-refractivity contribution in [3.63, 3.8) is 0 Å². The molecule has 1 fully saturated rings. The molecule has 2 aromatic heterocycles. The van der Waals surface area contributed by atoms with E-state index in [0.29, 0.717) is 17.3 Å². The molecule has 2 heterocycles. The van der Waals surface area contributed by atoms with E-state index in [9.17, 15) is 9.59 Å². The Labute approximate surface area is 193 Å². The summed E-state index contributed by atoms with van der Waals surface area (Å²) >= 11 is 0. The molecule has 0 aliphatic heterocycles. The molecule has 4 rings (SSSR count). The number of rotatable bonds is 8. The minimum atomic E-state index is -0.592. The molecule has 3 aromatic rings. The third kappa shape index (κ3) is 5.16. The lowest BCUT2D eigenvalue weighted by atomic mass is 9.90. The van der Waals surface area contributed by atoms with E-state index in [1.807, 2.05) is 30.3 Å². The Morgan fingerprint density at radius 1 is 1.15 bits per heavy atom. The number of Topliss-reactive ketones (excluding diaryl/α,β-unsaturated/α-hetero) is 1. The molecular formula is C25H31N5O3. The average Bonchev–Trinajstić information content (AvgIpc) is 3.24. The summed E-state index contributed by atoms with van der Waals surface area (Å²) in [6, 6.07) is 9.49. The van der Waals surface area contributed by atoms with Crippen molar-refractivity contribution in [1.82, 2.24) is 14.9 Å². The number of carbonyl (C=O) groups is 2. The molecule has 0 bridgehead atoms. The molecule has 1 amide bonds. The summed E-state index contributed by atoms with van der Waals surface area (Å²) in [5.41, 5.74) is 15.1. The predicted molar refractivity (Wildman–Crippen MR) is 126 cm³/mol. The summed E-state index contributed by atoms with van der Waals surface area (Å²) in [5.74, 6) is 0.348. The molecule has 33 heavy (non-hydrogen) atoms. The molecule has 1 saturated carbocycles. The number of aromatic nitrogens is 3. The number of ketones is 1. The monoisotopic (exact) mass is 449 g/mol. The van der Waals surface area contributed by atoms with Crippen molar-refractivity contribution in [3.05, 3.63) is 52.9 Å². The molecule has 1 aliphatic carbocycles. The summed E-state index contributed by atoms with van der Waals surface area (Å²) in [6.07, 6.45) is 4.38. The summed E-state index contributed by atoms with van der Waals surface area (Å²) in [5, 5.41) is 8.68. The Kier molecular flexibility index (Phi) is 6.10. The van der Waals surface area contributed by atoms with Crippen LogP contribution in [0.1, 0.15) is 73.5 Å². The quantitative estimate of drug-likeness (QED) is 0.536. The highest BCUT2D eigenvalue weighted by molar-refractivity contribution is 6.03. The van der Waals surface area contributed by atoms with Crippen LogP contribution in [0, 0.1) is 5.41 Å². The van der Waals surface area contributed by atoms with Crippen molar-refractivity contribution in [2.24, 2.45) is 11.1 Å². The van der Waals surface area contributed by atoms with Crippen LogP contribution in [0.5, 0.6) is 0 Å². The van der Waals surface area contributed by atoms with Crippen LogP contribution >= 0.6 is 0 Å². The first-order valence-corrected chi connectivity index (χ1v) is 11.3. The van der Waals surface area contributed by atoms with Crippen LogP contribution in [-0.4, -0.2) is 26.6 Å². The number of primary amides is 1. The summed E-state index contributed by atoms with van der Waals surface area (Å²) in [7, 11) is 0. The van der Waals surface area contributed by atoms with E-state index in [2.05, 4.69) is 31.0 Å². The molecule has 8 heteroatoms. The van der Waals surface area contributed by atoms with Gasteiger partial charge in [-0.25, -0.2) is 4.68 Å². The second-order valence-corrected chi connectivity index (χ2v) is 10.1. The maximum absolute atomic E-state index is 12.6. The number of carbonyl (C=O) groups excluding carboxylic acids is 2. The van der Waals surface area contributed by atoms with Crippen LogP contribution in [0.2, 0.25) is 0 Å². The third-order valence-corrected chi connectivity index (χ3v) is 5.93. The van der Waals surface area contributed by atoms with Gasteiger partial charge in [0.2, 0.25) is 0 Å². The molecule has 0 radical (unpaired) electrons. The van der Waals surface area contributed by atoms with Crippen molar-refractivity contribution in [2.45, 2.75) is 65.3 Å². The van der Waals surface area contributed by atoms with Gasteiger partial charge in [0.05, 0.1) is 18.2 Å². The normalized spacial score (nSPS) is 14.3. The van der Waals surface area contributed by atoms with Gasteiger partial charge in [0.15, 0.2) is 0 Å². The van der Waals surface area contributed by atoms with Crippen molar-refractivity contribution in [2.75, 3.05) is 5.73 Å². The van der Waals surface area contributed by atoms with Gasteiger partial charge in [-0.15, -0.1) is 0 Å². The van der Waals surface area contributed by atoms with E-state index in [0.717, 1.165) is 42.5 Å². The van der Waals surface area contributed by atoms with Gasteiger partial charge >= 0.3 is 0 Å². The highest BCUT2D eigenvalue weighted by Crippen LogP contribution is 2.37. The first-order valence-electron chi connectivity index (χ1n) is 11.3. The summed E-state index contributed by atoms with van der Waals surface area (Å²) in [6.45, 7) is 6.40. The lowest BCUT2D eigenvalue weighted by molar-refractivity contribution is -0.118. The topological polar surface area (TPSA) is 130 Å². The summed E-state index contributed by atoms with van der Waals surface area (Å²) in [4.78, 5) is 24.6. The maximum atomic E-state index is 12.6. The average molecular weight is 450 g/mol. The lowest BCUT2D eigenvalue weighted by Gasteiger charge is -2.26. The molecule has 0 saturated heterocycles. The van der Waals surface area contributed by atoms with Crippen LogP contribution < -0.4 is 11.5 Å². The number of nitrogens with zero attached hydrogens (tertiary/aromatic N) is 3. The number of hydrogen-bond acceptors (Lipinski definition) is 6. The zero-order chi connectivity index (χ0) is 23.8. The van der Waals surface area contributed by atoms with Crippen LogP contribution in [-0.2, 0) is 24.1 Å². The third-order valence-electron chi connectivity index (χ3n) is 5.93. The Hall–Kier alpha value is -3.42. The molecule has 4 N–H and O–H groups in total. The molecule has 1 aromatic carbocycles. The van der Waals surface area contributed by atoms with Gasteiger partial charge in [0.25, 0.3) is 5.91 Å². The van der Waals surface area contributed by atoms with E-state index in [1.54, 1.807) is 4.68 Å². The fraction of sp³-hybridized carbons (Fsp3) is 0.440. The van der Waals surface area contributed by atoms with Crippen molar-refractivity contribution >= 4 is 17.5 Å². The van der Waals surface area contributed by atoms with E-state index < -0.39 is 5.91 Å². The minimum absolute atomic E-state index is 0.0394. The maximum Gasteiger partial charge on any atom is 0.254 e. The van der Waals surface area contributed by atoms with Crippen molar-refractivity contribution in [3.8, 4) is 11.3 Å². The standard InChI is InChI=1S/C25H31N5O3/c1-25(2,3)14-17-12-20(33-29-17)13-19(31)11-15-7-9-16(10-8-15)22-21(24(27)32)23(26)30(28-22)18-5-4-6-18/h7-10,12,18H,4-6,11,13-14,26H2,1-3H3,(H2,27,32). The molecule has 1 aliphatic rings. The van der Waals surface area contributed by atoms with Crippen molar-refractivity contribution in [1.29, 1.82) is 0 Å². The van der Waals surface area contributed by atoms with E-state index in [-0.39, 0.29) is 35.6 Å². The van der Waals surface area contributed by atoms with E-state index >= 15 is 0 Å². The molecule has 0 atom stereocenters. The molecular weight excluding hydrogens is 418 g/mol. The van der Waals surface area contributed by atoms with Crippen LogP contribution in [0.4, 0.5) is 5.82 Å². The zero-order valence-electron chi connectivity index (χ0n) is 19.4. The minimum Gasteiger partial charge on any atom is -0.383 e. The summed E-state index contributed by atoms with van der Waals surface area (Å²) < 4.78 is 7.07. The highest BCUT2D eigenvalue weighted by Gasteiger charge is 2.28. The Morgan fingerprint density at radius 2 is 1.85 bits per heavy atom. The molecule has 174 valence electrons. The molecule has 8 nitrogen and oxygen atoms in total. The van der Waals surface area contributed by atoms with Crippen LogP contribution in [0.15, 0.2) is 34.9 Å². The van der Waals surface area contributed by atoms with Gasteiger partial charge in [-0.2, -0.15) is 5.10 Å². The number of anilines is 1. The van der Waals surface area contributed by atoms with Gasteiger partial charge in [-0.05, 0) is 36.7 Å². The number of hydrogen-bond donors (Lipinski definition) is 2. The highest BCUT2D eigenvalue weighted by atomic mass is 16.5. The fourth-order valence-electron chi connectivity index (χ4n) is 4.13.